The van der Waals surface area contributed by atoms with E-state index in [0.717, 1.165) is 0 Å². The lowest BCUT2D eigenvalue weighted by Gasteiger charge is -2.45. The standard InChI is InChI=1S/C14H23NO4/c1-6-7-13(9(2)3,11(16)17)14(8-15,10(4)5)12(18)19/h9-10H,6-7H2,1-5H3,(H,16,17)(H,18,19). The maximum atomic E-state index is 11.9. The fraction of sp³-hybridized carbons (Fsp3) is 0.786. The van der Waals surface area contributed by atoms with Crippen molar-refractivity contribution in [2.75, 3.05) is 0 Å². The van der Waals surface area contributed by atoms with Crippen molar-refractivity contribution < 1.29 is 19.8 Å². The largest absolute Gasteiger partial charge is 0.481 e. The molecular formula is C14H23NO4. The average molecular weight is 269 g/mol. The average Bonchev–Trinajstić information content (AvgIpc) is 2.27. The molecule has 0 aliphatic rings. The monoisotopic (exact) mass is 269 g/mol. The molecule has 0 fully saturated rings. The number of nitrogens with zero attached hydrogens (tertiary/aromatic N) is 1. The van der Waals surface area contributed by atoms with Gasteiger partial charge in [-0.25, -0.2) is 0 Å². The highest BCUT2D eigenvalue weighted by Crippen LogP contribution is 2.53. The Balaban J connectivity index is 6.44. The molecule has 0 radical (unpaired) electrons. The van der Waals surface area contributed by atoms with Crippen molar-refractivity contribution >= 4 is 11.9 Å². The number of carboxylic acid groups (broad SMARTS) is 2. The van der Waals surface area contributed by atoms with Crippen molar-refractivity contribution in [3.05, 3.63) is 0 Å². The van der Waals surface area contributed by atoms with Crippen molar-refractivity contribution in [1.29, 1.82) is 5.26 Å². The van der Waals surface area contributed by atoms with Crippen LogP contribution in [0.4, 0.5) is 0 Å². The first-order valence-electron chi connectivity index (χ1n) is 6.53. The van der Waals surface area contributed by atoms with Gasteiger partial charge in [0.1, 0.15) is 0 Å². The lowest BCUT2D eigenvalue weighted by molar-refractivity contribution is -0.179. The summed E-state index contributed by atoms with van der Waals surface area (Å²) in [4.78, 5) is 23.6. The fourth-order valence-electron chi connectivity index (χ4n) is 3.09. The van der Waals surface area contributed by atoms with Gasteiger partial charge in [-0.05, 0) is 18.3 Å². The van der Waals surface area contributed by atoms with Crippen LogP contribution in [0, 0.1) is 34.0 Å². The summed E-state index contributed by atoms with van der Waals surface area (Å²) in [7, 11) is 0. The van der Waals surface area contributed by atoms with Crippen LogP contribution in [-0.4, -0.2) is 22.2 Å². The fourth-order valence-corrected chi connectivity index (χ4v) is 3.09. The van der Waals surface area contributed by atoms with E-state index in [1.54, 1.807) is 34.6 Å². The molecule has 19 heavy (non-hydrogen) atoms. The van der Waals surface area contributed by atoms with E-state index >= 15 is 0 Å². The molecule has 0 amide bonds. The summed E-state index contributed by atoms with van der Waals surface area (Å²) in [6.45, 7) is 8.31. The van der Waals surface area contributed by atoms with Gasteiger partial charge in [0.25, 0.3) is 0 Å². The lowest BCUT2D eigenvalue weighted by atomic mass is 9.52. The Morgan fingerprint density at radius 1 is 1.11 bits per heavy atom. The number of rotatable bonds is 7. The summed E-state index contributed by atoms with van der Waals surface area (Å²) in [5.41, 5.74) is -3.51. The zero-order valence-electron chi connectivity index (χ0n) is 12.2. The second-order valence-electron chi connectivity index (χ2n) is 5.56. The van der Waals surface area contributed by atoms with Gasteiger partial charge in [-0.15, -0.1) is 0 Å². The Morgan fingerprint density at radius 3 is 1.74 bits per heavy atom. The molecule has 0 heterocycles. The minimum absolute atomic E-state index is 0.165. The number of aliphatic carboxylic acids is 2. The van der Waals surface area contributed by atoms with Gasteiger partial charge in [-0.1, -0.05) is 41.0 Å². The predicted molar refractivity (Wildman–Crippen MR) is 70.3 cm³/mol. The first kappa shape index (κ1) is 17.4. The summed E-state index contributed by atoms with van der Waals surface area (Å²) < 4.78 is 0. The molecule has 2 unspecified atom stereocenters. The lowest BCUT2D eigenvalue weighted by Crippen LogP contribution is -2.57. The van der Waals surface area contributed by atoms with Gasteiger partial charge in [-0.2, -0.15) is 5.26 Å². The first-order valence-corrected chi connectivity index (χ1v) is 6.53. The number of hydrogen-bond acceptors (Lipinski definition) is 3. The number of nitriles is 1. The van der Waals surface area contributed by atoms with Crippen LogP contribution in [0.5, 0.6) is 0 Å². The second-order valence-corrected chi connectivity index (χ2v) is 5.56. The van der Waals surface area contributed by atoms with Gasteiger partial charge in [0.2, 0.25) is 0 Å². The van der Waals surface area contributed by atoms with Crippen molar-refractivity contribution in [2.24, 2.45) is 22.7 Å². The SMILES string of the molecule is CCCC(C(=O)O)(C(C)C)C(C#N)(C(=O)O)C(C)C. The molecule has 0 rings (SSSR count). The van der Waals surface area contributed by atoms with Gasteiger partial charge in [0.05, 0.1) is 11.5 Å². The molecule has 0 aliphatic heterocycles. The van der Waals surface area contributed by atoms with Gasteiger partial charge in [0, 0.05) is 0 Å². The molecule has 2 N–H and O–H groups in total. The van der Waals surface area contributed by atoms with Crippen molar-refractivity contribution in [2.45, 2.75) is 47.5 Å². The number of carboxylic acids is 2. The van der Waals surface area contributed by atoms with Crippen LogP contribution >= 0.6 is 0 Å². The zero-order chi connectivity index (χ0) is 15.4. The van der Waals surface area contributed by atoms with E-state index in [-0.39, 0.29) is 6.42 Å². The normalized spacial score (nSPS) is 17.6. The smallest absolute Gasteiger partial charge is 0.325 e. The Bertz CT molecular complexity index is 397. The van der Waals surface area contributed by atoms with Gasteiger partial charge in [0.15, 0.2) is 5.41 Å². The molecule has 0 saturated carbocycles. The van der Waals surface area contributed by atoms with E-state index in [4.69, 9.17) is 0 Å². The highest BCUT2D eigenvalue weighted by molar-refractivity contribution is 5.89. The summed E-state index contributed by atoms with van der Waals surface area (Å²) in [6, 6.07) is 1.82. The van der Waals surface area contributed by atoms with E-state index in [1.165, 1.54) is 0 Å². The van der Waals surface area contributed by atoms with Crippen LogP contribution in [0.3, 0.4) is 0 Å². The van der Waals surface area contributed by atoms with Crippen molar-refractivity contribution in [1.82, 2.24) is 0 Å². The third-order valence-electron chi connectivity index (χ3n) is 4.09. The minimum Gasteiger partial charge on any atom is -0.481 e. The molecule has 0 bridgehead atoms. The molecule has 0 saturated heterocycles. The van der Waals surface area contributed by atoms with E-state index in [0.29, 0.717) is 6.42 Å². The molecule has 0 aromatic heterocycles. The molecule has 5 nitrogen and oxygen atoms in total. The Labute approximate surface area is 114 Å². The molecule has 0 aromatic rings. The van der Waals surface area contributed by atoms with Crippen LogP contribution < -0.4 is 0 Å². The minimum atomic E-state index is -1.93. The highest BCUT2D eigenvalue weighted by Gasteiger charge is 2.64. The number of carbonyl (C=O) groups is 2. The summed E-state index contributed by atoms with van der Waals surface area (Å²) in [6.07, 6.45) is 0.673. The van der Waals surface area contributed by atoms with Crippen LogP contribution in [0.15, 0.2) is 0 Å². The summed E-state index contributed by atoms with van der Waals surface area (Å²) >= 11 is 0. The molecule has 5 heteroatoms. The van der Waals surface area contributed by atoms with E-state index in [2.05, 4.69) is 0 Å². The summed E-state index contributed by atoms with van der Waals surface area (Å²) in [5.74, 6) is -3.61. The molecule has 108 valence electrons. The Morgan fingerprint density at radius 2 is 1.58 bits per heavy atom. The quantitative estimate of drug-likeness (QED) is 0.740. The van der Waals surface area contributed by atoms with Crippen LogP contribution in [0.25, 0.3) is 0 Å². The first-order chi connectivity index (χ1) is 8.64. The molecule has 0 aliphatic carbocycles. The summed E-state index contributed by atoms with van der Waals surface area (Å²) in [5, 5.41) is 28.7. The molecule has 2 atom stereocenters. The second kappa shape index (κ2) is 6.05. The van der Waals surface area contributed by atoms with Crippen LogP contribution in [0.2, 0.25) is 0 Å². The van der Waals surface area contributed by atoms with E-state index in [9.17, 15) is 25.1 Å². The zero-order valence-corrected chi connectivity index (χ0v) is 12.2. The highest BCUT2D eigenvalue weighted by atomic mass is 16.4. The van der Waals surface area contributed by atoms with Crippen LogP contribution in [-0.2, 0) is 9.59 Å². The third-order valence-corrected chi connectivity index (χ3v) is 4.09. The van der Waals surface area contributed by atoms with Crippen LogP contribution in [0.1, 0.15) is 47.5 Å². The van der Waals surface area contributed by atoms with Gasteiger partial charge < -0.3 is 10.2 Å². The predicted octanol–water partition coefficient (Wildman–Crippen LogP) is 2.76. The maximum absolute atomic E-state index is 11.9. The third kappa shape index (κ3) is 2.32. The van der Waals surface area contributed by atoms with Crippen molar-refractivity contribution in [3.63, 3.8) is 0 Å². The molecular weight excluding hydrogens is 246 g/mol. The molecule has 0 spiro atoms. The molecule has 0 aromatic carbocycles. The van der Waals surface area contributed by atoms with E-state index in [1.807, 2.05) is 6.07 Å². The Kier molecular flexibility index (Phi) is 5.55. The number of hydrogen-bond donors (Lipinski definition) is 2. The Hall–Kier alpha value is -1.57. The topological polar surface area (TPSA) is 98.4 Å². The van der Waals surface area contributed by atoms with Gasteiger partial charge in [-0.3, -0.25) is 9.59 Å². The van der Waals surface area contributed by atoms with Crippen molar-refractivity contribution in [3.8, 4) is 6.07 Å². The maximum Gasteiger partial charge on any atom is 0.325 e. The van der Waals surface area contributed by atoms with Gasteiger partial charge >= 0.3 is 11.9 Å². The van der Waals surface area contributed by atoms with E-state index < -0.39 is 34.6 Å².